The number of hydrogen-bond donors (Lipinski definition) is 0. The molecule has 0 aliphatic rings. The summed E-state index contributed by atoms with van der Waals surface area (Å²) >= 11 is 7.36. The first-order chi connectivity index (χ1) is 14.9. The second-order valence-electron chi connectivity index (χ2n) is 7.10. The number of nitrogens with zero attached hydrogens (tertiary/aromatic N) is 6. The summed E-state index contributed by atoms with van der Waals surface area (Å²) < 4.78 is 20.8. The Balaban J connectivity index is 1.59. The minimum Gasteiger partial charge on any atom is -0.334 e. The third-order valence-electron chi connectivity index (χ3n) is 4.78. The minimum absolute atomic E-state index is 0.00795. The van der Waals surface area contributed by atoms with Crippen LogP contribution < -0.4 is 0 Å². The SMILES string of the molecule is CC(c1nnc(SCc2noc(-c3ccc(Cl)cc3)n2)n1-c1ccc(F)cc1)N(C)C. The molecule has 2 aromatic carbocycles. The van der Waals surface area contributed by atoms with Gasteiger partial charge >= 0.3 is 0 Å². The fourth-order valence-electron chi connectivity index (χ4n) is 2.86. The van der Waals surface area contributed by atoms with Gasteiger partial charge < -0.3 is 4.52 Å². The van der Waals surface area contributed by atoms with E-state index in [0.717, 1.165) is 17.1 Å². The number of rotatable bonds is 7. The number of benzene rings is 2. The Bertz CT molecular complexity index is 1160. The summed E-state index contributed by atoms with van der Waals surface area (Å²) in [7, 11) is 3.94. The van der Waals surface area contributed by atoms with Crippen molar-refractivity contribution < 1.29 is 8.91 Å². The Labute approximate surface area is 188 Å². The van der Waals surface area contributed by atoms with E-state index in [1.165, 1.54) is 23.9 Å². The lowest BCUT2D eigenvalue weighted by atomic mass is 10.2. The van der Waals surface area contributed by atoms with E-state index in [1.807, 2.05) is 42.6 Å². The molecule has 160 valence electrons. The van der Waals surface area contributed by atoms with Gasteiger partial charge in [0.25, 0.3) is 5.89 Å². The van der Waals surface area contributed by atoms with Gasteiger partial charge in [0.05, 0.1) is 11.8 Å². The third-order valence-corrected chi connectivity index (χ3v) is 5.96. The zero-order chi connectivity index (χ0) is 22.0. The number of thioether (sulfide) groups is 1. The molecule has 2 aromatic heterocycles. The van der Waals surface area contributed by atoms with E-state index in [2.05, 4.69) is 20.3 Å². The van der Waals surface area contributed by atoms with Crippen LogP contribution in [-0.4, -0.2) is 43.9 Å². The number of hydrogen-bond acceptors (Lipinski definition) is 7. The Morgan fingerprint density at radius 3 is 2.48 bits per heavy atom. The van der Waals surface area contributed by atoms with E-state index in [1.54, 1.807) is 24.3 Å². The largest absolute Gasteiger partial charge is 0.334 e. The topological polar surface area (TPSA) is 72.9 Å². The van der Waals surface area contributed by atoms with Gasteiger partial charge in [-0.3, -0.25) is 9.47 Å². The van der Waals surface area contributed by atoms with Crippen LogP contribution >= 0.6 is 23.4 Å². The molecule has 4 aromatic rings. The Kier molecular flexibility index (Phi) is 6.35. The van der Waals surface area contributed by atoms with Crippen molar-refractivity contribution in [3.8, 4) is 17.1 Å². The smallest absolute Gasteiger partial charge is 0.257 e. The van der Waals surface area contributed by atoms with Gasteiger partial charge in [-0.05, 0) is 69.6 Å². The molecule has 0 aliphatic heterocycles. The van der Waals surface area contributed by atoms with Crippen molar-refractivity contribution in [2.75, 3.05) is 14.1 Å². The lowest BCUT2D eigenvalue weighted by molar-refractivity contribution is 0.305. The Hall–Kier alpha value is -2.75. The Morgan fingerprint density at radius 2 is 1.81 bits per heavy atom. The average molecular weight is 459 g/mol. The summed E-state index contributed by atoms with van der Waals surface area (Å²) in [6, 6.07) is 13.5. The number of aromatic nitrogens is 5. The highest BCUT2D eigenvalue weighted by Crippen LogP contribution is 2.29. The van der Waals surface area contributed by atoms with Gasteiger partial charge in [-0.2, -0.15) is 4.98 Å². The van der Waals surface area contributed by atoms with Crippen LogP contribution in [0.15, 0.2) is 58.2 Å². The van der Waals surface area contributed by atoms with Gasteiger partial charge in [0.15, 0.2) is 16.8 Å². The predicted molar refractivity (Wildman–Crippen MR) is 118 cm³/mol. The monoisotopic (exact) mass is 458 g/mol. The van der Waals surface area contributed by atoms with Crippen molar-refractivity contribution >= 4 is 23.4 Å². The molecule has 0 radical (unpaired) electrons. The molecule has 2 heterocycles. The first-order valence-electron chi connectivity index (χ1n) is 9.51. The van der Waals surface area contributed by atoms with Gasteiger partial charge in [0.2, 0.25) is 0 Å². The standard InChI is InChI=1S/C21H20ClFN6OS/c1-13(28(2)3)19-25-26-21(29(19)17-10-8-16(23)9-11-17)31-12-18-24-20(30-27-18)14-4-6-15(22)7-5-14/h4-11,13H,12H2,1-3H3. The van der Waals surface area contributed by atoms with Crippen LogP contribution in [0.25, 0.3) is 17.1 Å². The van der Waals surface area contributed by atoms with Crippen LogP contribution in [0.1, 0.15) is 24.6 Å². The van der Waals surface area contributed by atoms with E-state index in [-0.39, 0.29) is 11.9 Å². The van der Waals surface area contributed by atoms with Gasteiger partial charge in [0, 0.05) is 16.3 Å². The summed E-state index contributed by atoms with van der Waals surface area (Å²) in [6.07, 6.45) is 0. The zero-order valence-corrected chi connectivity index (χ0v) is 18.7. The zero-order valence-electron chi connectivity index (χ0n) is 17.2. The molecule has 7 nitrogen and oxygen atoms in total. The molecule has 0 amide bonds. The molecule has 0 saturated carbocycles. The molecule has 31 heavy (non-hydrogen) atoms. The molecule has 1 atom stereocenters. The summed E-state index contributed by atoms with van der Waals surface area (Å²) in [5.74, 6) is 1.86. The maximum absolute atomic E-state index is 13.5. The van der Waals surface area contributed by atoms with Crippen molar-refractivity contribution in [3.05, 3.63) is 71.0 Å². The molecule has 0 bridgehead atoms. The summed E-state index contributed by atoms with van der Waals surface area (Å²) in [5, 5.41) is 14.1. The second-order valence-corrected chi connectivity index (χ2v) is 8.48. The number of halogens is 2. The van der Waals surface area contributed by atoms with E-state index >= 15 is 0 Å². The maximum Gasteiger partial charge on any atom is 0.257 e. The molecule has 0 spiro atoms. The molecular formula is C21H20ClFN6OS. The van der Waals surface area contributed by atoms with Gasteiger partial charge in [-0.1, -0.05) is 28.5 Å². The summed E-state index contributed by atoms with van der Waals surface area (Å²) in [5.41, 5.74) is 1.58. The minimum atomic E-state index is -0.297. The first-order valence-corrected chi connectivity index (χ1v) is 10.9. The van der Waals surface area contributed by atoms with E-state index < -0.39 is 0 Å². The van der Waals surface area contributed by atoms with Crippen molar-refractivity contribution in [3.63, 3.8) is 0 Å². The van der Waals surface area contributed by atoms with Crippen LogP contribution in [-0.2, 0) is 5.75 Å². The van der Waals surface area contributed by atoms with Crippen LogP contribution in [0.3, 0.4) is 0 Å². The summed E-state index contributed by atoms with van der Waals surface area (Å²) in [6.45, 7) is 2.04. The quantitative estimate of drug-likeness (QED) is 0.360. The maximum atomic E-state index is 13.5. The molecule has 0 fully saturated rings. The van der Waals surface area contributed by atoms with E-state index in [4.69, 9.17) is 16.1 Å². The van der Waals surface area contributed by atoms with Crippen molar-refractivity contribution in [1.29, 1.82) is 0 Å². The molecule has 1 unspecified atom stereocenters. The lowest BCUT2D eigenvalue weighted by Gasteiger charge is -2.20. The fourth-order valence-corrected chi connectivity index (χ4v) is 3.79. The molecule has 10 heteroatoms. The third kappa shape index (κ3) is 4.79. The molecule has 0 saturated heterocycles. The van der Waals surface area contributed by atoms with Crippen LogP contribution in [0.2, 0.25) is 5.02 Å². The van der Waals surface area contributed by atoms with Crippen LogP contribution in [0.5, 0.6) is 0 Å². The highest BCUT2D eigenvalue weighted by atomic mass is 35.5. The molecule has 0 N–H and O–H groups in total. The van der Waals surface area contributed by atoms with Crippen LogP contribution in [0.4, 0.5) is 4.39 Å². The van der Waals surface area contributed by atoms with Gasteiger partial charge in [-0.15, -0.1) is 10.2 Å². The van der Waals surface area contributed by atoms with Gasteiger partial charge in [0.1, 0.15) is 5.82 Å². The van der Waals surface area contributed by atoms with Crippen molar-refractivity contribution in [2.24, 2.45) is 0 Å². The van der Waals surface area contributed by atoms with E-state index in [9.17, 15) is 4.39 Å². The van der Waals surface area contributed by atoms with Crippen molar-refractivity contribution in [1.82, 2.24) is 29.8 Å². The molecule has 4 rings (SSSR count). The normalized spacial score (nSPS) is 12.5. The first kappa shape index (κ1) is 21.5. The molecular weight excluding hydrogens is 439 g/mol. The Morgan fingerprint density at radius 1 is 1.10 bits per heavy atom. The fraction of sp³-hybridized carbons (Fsp3) is 0.238. The second kappa shape index (κ2) is 9.17. The lowest BCUT2D eigenvalue weighted by Crippen LogP contribution is -2.20. The van der Waals surface area contributed by atoms with Gasteiger partial charge in [-0.25, -0.2) is 4.39 Å². The highest BCUT2D eigenvalue weighted by Gasteiger charge is 2.21. The van der Waals surface area contributed by atoms with Crippen LogP contribution in [0, 0.1) is 5.82 Å². The average Bonchev–Trinajstić information content (AvgIpc) is 3.40. The van der Waals surface area contributed by atoms with E-state index in [0.29, 0.717) is 27.6 Å². The predicted octanol–water partition coefficient (Wildman–Crippen LogP) is 5.02. The highest BCUT2D eigenvalue weighted by molar-refractivity contribution is 7.98. The summed E-state index contributed by atoms with van der Waals surface area (Å²) in [4.78, 5) is 6.49. The van der Waals surface area contributed by atoms with Crippen molar-refractivity contribution in [2.45, 2.75) is 23.9 Å². The molecule has 0 aliphatic carbocycles.